The number of methoxy groups -OCH3 is 1. The summed E-state index contributed by atoms with van der Waals surface area (Å²) in [7, 11) is 1.65. The molecule has 0 aromatic heterocycles. The lowest BCUT2D eigenvalue weighted by Crippen LogP contribution is -2.56. The van der Waals surface area contributed by atoms with E-state index in [9.17, 15) is 4.79 Å². The normalized spacial score (nSPS) is 17.0. The van der Waals surface area contributed by atoms with Crippen molar-refractivity contribution in [2.75, 3.05) is 32.1 Å². The van der Waals surface area contributed by atoms with Crippen molar-refractivity contribution in [2.45, 2.75) is 19.9 Å². The van der Waals surface area contributed by atoms with Crippen molar-refractivity contribution in [3.05, 3.63) is 77.9 Å². The van der Waals surface area contributed by atoms with E-state index < -0.39 is 0 Å². The molecule has 7 heteroatoms. The van der Waals surface area contributed by atoms with E-state index in [1.807, 2.05) is 78.6 Å². The highest BCUT2D eigenvalue weighted by atomic mass is 16.5. The minimum Gasteiger partial charge on any atom is -0.497 e. The summed E-state index contributed by atoms with van der Waals surface area (Å²) in [6.07, 6.45) is 0. The molecule has 0 radical (unpaired) electrons. The number of amidine groups is 1. The van der Waals surface area contributed by atoms with Gasteiger partial charge in [-0.15, -0.1) is 0 Å². The lowest BCUT2D eigenvalue weighted by atomic mass is 10.1. The van der Waals surface area contributed by atoms with E-state index in [1.54, 1.807) is 7.11 Å². The summed E-state index contributed by atoms with van der Waals surface area (Å²) in [6.45, 7) is 5.99. The van der Waals surface area contributed by atoms with Gasteiger partial charge >= 0.3 is 6.03 Å². The largest absolute Gasteiger partial charge is 0.497 e. The highest BCUT2D eigenvalue weighted by molar-refractivity contribution is 6.04. The van der Waals surface area contributed by atoms with Gasteiger partial charge in [-0.05, 0) is 61.9 Å². The van der Waals surface area contributed by atoms with E-state index in [0.29, 0.717) is 19.6 Å². The van der Waals surface area contributed by atoms with Gasteiger partial charge in [0, 0.05) is 31.4 Å². The standard InChI is InChI=1S/C27H28N4O3/c1-18-9-11-23-25(15-18)34-24-12-10-21(33-3)16-22(24)26(29-23)30-13-14-31(19(2)17-30)27(32)28-20-7-5-4-6-8-20/h4-12,15-16,19H,13-14,17H2,1-3H3,(H,28,32). The first-order valence-electron chi connectivity index (χ1n) is 11.4. The lowest BCUT2D eigenvalue weighted by Gasteiger charge is -2.41. The molecule has 1 fully saturated rings. The number of aliphatic imine (C=N–C) groups is 1. The van der Waals surface area contributed by atoms with Gasteiger partial charge in [-0.3, -0.25) is 0 Å². The van der Waals surface area contributed by atoms with Crippen LogP contribution in [0.4, 0.5) is 16.2 Å². The van der Waals surface area contributed by atoms with Crippen LogP contribution in [0.3, 0.4) is 0 Å². The first-order chi connectivity index (χ1) is 16.5. The third kappa shape index (κ3) is 4.29. The number of rotatable bonds is 2. The van der Waals surface area contributed by atoms with Gasteiger partial charge in [-0.2, -0.15) is 0 Å². The Hall–Kier alpha value is -4.00. The number of benzene rings is 3. The van der Waals surface area contributed by atoms with Crippen LogP contribution >= 0.6 is 0 Å². The first kappa shape index (κ1) is 21.8. The number of hydrogen-bond acceptors (Lipinski definition) is 5. The van der Waals surface area contributed by atoms with Gasteiger partial charge in [0.25, 0.3) is 0 Å². The van der Waals surface area contributed by atoms with E-state index >= 15 is 0 Å². The van der Waals surface area contributed by atoms with E-state index in [2.05, 4.69) is 17.1 Å². The Balaban J connectivity index is 1.43. The zero-order valence-electron chi connectivity index (χ0n) is 19.6. The van der Waals surface area contributed by atoms with Crippen LogP contribution in [-0.2, 0) is 0 Å². The van der Waals surface area contributed by atoms with Crippen molar-refractivity contribution >= 4 is 23.2 Å². The number of amides is 2. The molecule has 7 nitrogen and oxygen atoms in total. The van der Waals surface area contributed by atoms with Crippen LogP contribution in [0.25, 0.3) is 0 Å². The number of carbonyl (C=O) groups excluding carboxylic acids is 1. The Morgan fingerprint density at radius 3 is 2.65 bits per heavy atom. The van der Waals surface area contributed by atoms with Crippen LogP contribution in [0.5, 0.6) is 17.2 Å². The molecule has 1 saturated heterocycles. The number of urea groups is 1. The molecule has 2 aliphatic rings. The summed E-state index contributed by atoms with van der Waals surface area (Å²) < 4.78 is 11.8. The number of ether oxygens (including phenoxy) is 2. The summed E-state index contributed by atoms with van der Waals surface area (Å²) in [5, 5.41) is 3.00. The van der Waals surface area contributed by atoms with Crippen molar-refractivity contribution in [1.29, 1.82) is 0 Å². The summed E-state index contributed by atoms with van der Waals surface area (Å²) in [5.74, 6) is 3.04. The summed E-state index contributed by atoms with van der Waals surface area (Å²) in [6, 6.07) is 21.3. The van der Waals surface area contributed by atoms with E-state index in [0.717, 1.165) is 45.6 Å². The lowest BCUT2D eigenvalue weighted by molar-refractivity contribution is 0.145. The first-order valence-corrected chi connectivity index (χ1v) is 11.4. The Morgan fingerprint density at radius 2 is 1.88 bits per heavy atom. The zero-order chi connectivity index (χ0) is 23.7. The minimum atomic E-state index is -0.0904. The quantitative estimate of drug-likeness (QED) is 0.559. The van der Waals surface area contributed by atoms with Gasteiger partial charge in [0.1, 0.15) is 23.0 Å². The highest BCUT2D eigenvalue weighted by Gasteiger charge is 2.32. The SMILES string of the molecule is COc1ccc2c(c1)C(N1CCN(C(=O)Nc3ccccc3)C(C)C1)=Nc1ccc(C)cc1O2. The number of anilines is 1. The van der Waals surface area contributed by atoms with Crippen molar-refractivity contribution < 1.29 is 14.3 Å². The molecule has 174 valence electrons. The van der Waals surface area contributed by atoms with Crippen molar-refractivity contribution in [1.82, 2.24) is 9.80 Å². The molecule has 3 aromatic rings. The molecule has 5 rings (SSSR count). The van der Waals surface area contributed by atoms with Gasteiger partial charge in [-0.25, -0.2) is 9.79 Å². The van der Waals surface area contributed by atoms with Crippen LogP contribution in [0.1, 0.15) is 18.1 Å². The summed E-state index contributed by atoms with van der Waals surface area (Å²) >= 11 is 0. The number of nitrogens with zero attached hydrogens (tertiary/aromatic N) is 3. The molecule has 2 aliphatic heterocycles. The van der Waals surface area contributed by atoms with Crippen molar-refractivity contribution in [3.63, 3.8) is 0 Å². The molecule has 0 bridgehead atoms. The van der Waals surface area contributed by atoms with Gasteiger partial charge in [0.15, 0.2) is 5.75 Å². The maximum absolute atomic E-state index is 12.9. The van der Waals surface area contributed by atoms with E-state index in [-0.39, 0.29) is 12.1 Å². The number of para-hydroxylation sites is 1. The average Bonchev–Trinajstić information content (AvgIpc) is 3.00. The molecule has 34 heavy (non-hydrogen) atoms. The third-order valence-corrected chi connectivity index (χ3v) is 6.20. The zero-order valence-corrected chi connectivity index (χ0v) is 19.6. The number of aryl methyl sites for hydroxylation is 1. The number of hydrogen-bond donors (Lipinski definition) is 1. The van der Waals surface area contributed by atoms with Gasteiger partial charge in [0.2, 0.25) is 0 Å². The van der Waals surface area contributed by atoms with Gasteiger partial charge < -0.3 is 24.6 Å². The minimum absolute atomic E-state index is 0.00382. The fourth-order valence-electron chi connectivity index (χ4n) is 4.40. The fraction of sp³-hybridized carbons (Fsp3) is 0.259. The second-order valence-corrected chi connectivity index (χ2v) is 8.66. The van der Waals surface area contributed by atoms with Crippen molar-refractivity contribution in [2.24, 2.45) is 4.99 Å². The Labute approximate surface area is 199 Å². The molecule has 0 saturated carbocycles. The fourth-order valence-corrected chi connectivity index (χ4v) is 4.40. The predicted molar refractivity (Wildman–Crippen MR) is 134 cm³/mol. The molecule has 0 aliphatic carbocycles. The molecule has 2 amide bonds. The van der Waals surface area contributed by atoms with Crippen LogP contribution in [0, 0.1) is 6.92 Å². The van der Waals surface area contributed by atoms with Crippen LogP contribution in [-0.4, -0.2) is 54.5 Å². The second kappa shape index (κ2) is 9.09. The highest BCUT2D eigenvalue weighted by Crippen LogP contribution is 2.40. The van der Waals surface area contributed by atoms with Crippen molar-refractivity contribution in [3.8, 4) is 17.2 Å². The molecule has 1 unspecified atom stereocenters. The Bertz CT molecular complexity index is 1240. The molecular weight excluding hydrogens is 428 g/mol. The summed E-state index contributed by atoms with van der Waals surface area (Å²) in [4.78, 5) is 22.1. The van der Waals surface area contributed by atoms with Crippen LogP contribution < -0.4 is 14.8 Å². The van der Waals surface area contributed by atoms with E-state index in [1.165, 1.54) is 0 Å². The maximum atomic E-state index is 12.9. The van der Waals surface area contributed by atoms with Crippen LogP contribution in [0.2, 0.25) is 0 Å². The molecule has 1 atom stereocenters. The molecule has 3 aromatic carbocycles. The number of nitrogens with one attached hydrogen (secondary N) is 1. The third-order valence-electron chi connectivity index (χ3n) is 6.20. The van der Waals surface area contributed by atoms with Gasteiger partial charge in [0.05, 0.1) is 12.7 Å². The summed E-state index contributed by atoms with van der Waals surface area (Å²) in [5.41, 5.74) is 3.56. The number of carbonyl (C=O) groups is 1. The molecule has 2 heterocycles. The second-order valence-electron chi connectivity index (χ2n) is 8.66. The molecule has 1 N–H and O–H groups in total. The maximum Gasteiger partial charge on any atom is 0.322 e. The monoisotopic (exact) mass is 456 g/mol. The predicted octanol–water partition coefficient (Wildman–Crippen LogP) is 5.43. The Kier molecular flexibility index (Phi) is 5.84. The number of fused-ring (bicyclic) bond motifs is 2. The topological polar surface area (TPSA) is 66.4 Å². The van der Waals surface area contributed by atoms with Crippen LogP contribution in [0.15, 0.2) is 71.7 Å². The number of piperazine rings is 1. The molecular formula is C27H28N4O3. The smallest absolute Gasteiger partial charge is 0.322 e. The average molecular weight is 457 g/mol. The molecule has 0 spiro atoms. The Morgan fingerprint density at radius 1 is 1.06 bits per heavy atom. The van der Waals surface area contributed by atoms with E-state index in [4.69, 9.17) is 14.5 Å². The van der Waals surface area contributed by atoms with Gasteiger partial charge in [-0.1, -0.05) is 24.3 Å².